The van der Waals surface area contributed by atoms with Crippen LogP contribution < -0.4 is 20.4 Å². The third-order valence-electron chi connectivity index (χ3n) is 11.0. The molecule has 300 valence electrons. The van der Waals surface area contributed by atoms with Gasteiger partial charge in [0.15, 0.2) is 13.9 Å². The van der Waals surface area contributed by atoms with Gasteiger partial charge in [0, 0.05) is 38.4 Å². The molecule has 0 amide bonds. The molecule has 0 fully saturated rings. The number of nitrogens with one attached hydrogen (secondary N) is 2. The van der Waals surface area contributed by atoms with Crippen LogP contribution >= 0.6 is 11.3 Å². The lowest BCUT2D eigenvalue weighted by Crippen LogP contribution is -2.78. The Bertz CT molecular complexity index is 1900. The maximum absolute atomic E-state index is 14.7. The first kappa shape index (κ1) is 44.4. The van der Waals surface area contributed by atoms with Crippen molar-refractivity contribution in [2.45, 2.75) is 124 Å². The molecule has 1 aromatic heterocycles. The number of Topliss-reactive ketones (excluding diaryl/α,β-unsaturated/α-hetero) is 1. The van der Waals surface area contributed by atoms with Crippen molar-refractivity contribution in [1.29, 1.82) is 0 Å². The van der Waals surface area contributed by atoms with Crippen LogP contribution in [0.1, 0.15) is 99.6 Å². The van der Waals surface area contributed by atoms with Gasteiger partial charge in [-0.25, -0.2) is 16.8 Å². The normalized spacial score (nSPS) is 19.4. The Balaban J connectivity index is 1.74. The summed E-state index contributed by atoms with van der Waals surface area (Å²) in [5, 5.41) is 4.66. The summed E-state index contributed by atoms with van der Waals surface area (Å²) in [5.41, 5.74) is -1.12. The maximum Gasteiger partial charge on any atom is 0.252 e. The number of sulfonamides is 2. The lowest BCUT2D eigenvalue weighted by molar-refractivity contribution is -0.141. The number of ether oxygens (including phenoxy) is 2. The Morgan fingerprint density at radius 2 is 1.57 bits per heavy atom. The van der Waals surface area contributed by atoms with Gasteiger partial charge in [0.1, 0.15) is 14.5 Å². The van der Waals surface area contributed by atoms with Crippen LogP contribution in [0.2, 0.25) is 5.04 Å². The highest BCUT2D eigenvalue weighted by atomic mass is 32.3. The van der Waals surface area contributed by atoms with Crippen molar-refractivity contribution in [3.63, 3.8) is 0 Å². The summed E-state index contributed by atoms with van der Waals surface area (Å²) >= 11 is 0.723. The van der Waals surface area contributed by atoms with E-state index in [1.54, 1.807) is 27.9 Å². The molecule has 0 aliphatic carbocycles. The van der Waals surface area contributed by atoms with Gasteiger partial charge in [-0.1, -0.05) is 119 Å². The van der Waals surface area contributed by atoms with E-state index in [0.29, 0.717) is 31.6 Å². The summed E-state index contributed by atoms with van der Waals surface area (Å²) < 4.78 is 72.3. The van der Waals surface area contributed by atoms with Crippen molar-refractivity contribution in [2.75, 3.05) is 33.4 Å². The quantitative estimate of drug-likeness (QED) is 0.111. The number of hydrogen-bond acceptors (Lipinski definition) is 9. The van der Waals surface area contributed by atoms with E-state index in [4.69, 9.17) is 9.47 Å². The number of nitrogens with zero attached hydrogens (tertiary/aromatic N) is 1. The van der Waals surface area contributed by atoms with Gasteiger partial charge in [-0.05, 0) is 57.7 Å². The van der Waals surface area contributed by atoms with E-state index < -0.39 is 50.8 Å². The number of carbonyl (C=O) groups is 1. The van der Waals surface area contributed by atoms with Crippen LogP contribution in [0.25, 0.3) is 0 Å². The zero-order chi connectivity index (χ0) is 40.2. The molecule has 0 spiro atoms. The fourth-order valence-corrected chi connectivity index (χ4v) is 21.2. The summed E-state index contributed by atoms with van der Waals surface area (Å²) in [6.45, 7) is 19.4. The SMILES string of the molecule is CCCC(C)(O[C@@H](C)C(=O)C(C)(CC)NS(=O)(=O)c1cc2c(s1)S(=O)(=O)N(CCCOC)C[C@@H]2NCC)[Si](c1ccccc1)(c1ccccc1)C(C)(C)C. The van der Waals surface area contributed by atoms with Crippen molar-refractivity contribution in [3.05, 3.63) is 72.3 Å². The van der Waals surface area contributed by atoms with Crippen LogP contribution in [0.3, 0.4) is 0 Å². The summed E-state index contributed by atoms with van der Waals surface area (Å²) in [6, 6.07) is 22.0. The monoisotopic (exact) mass is 819 g/mol. The van der Waals surface area contributed by atoms with Crippen LogP contribution in [-0.4, -0.2) is 85.2 Å². The molecule has 3 aromatic rings. The van der Waals surface area contributed by atoms with E-state index in [1.807, 2.05) is 19.1 Å². The molecule has 2 unspecified atom stereocenters. The summed E-state index contributed by atoms with van der Waals surface area (Å²) in [4.78, 5) is 14.7. The number of benzene rings is 2. The predicted molar refractivity (Wildman–Crippen MR) is 221 cm³/mol. The van der Waals surface area contributed by atoms with Gasteiger partial charge in [-0.2, -0.15) is 9.03 Å². The first-order valence-corrected chi connectivity index (χ1v) is 24.8. The number of rotatable bonds is 19. The molecule has 0 bridgehead atoms. The highest BCUT2D eigenvalue weighted by molar-refractivity contribution is 7.94. The lowest BCUT2D eigenvalue weighted by Gasteiger charge is -2.55. The van der Waals surface area contributed by atoms with Gasteiger partial charge in [-0.15, -0.1) is 11.3 Å². The molecule has 2 N–H and O–H groups in total. The van der Waals surface area contributed by atoms with Crippen molar-refractivity contribution in [2.24, 2.45) is 0 Å². The Morgan fingerprint density at radius 1 is 1.00 bits per heavy atom. The average Bonchev–Trinajstić information content (AvgIpc) is 3.59. The summed E-state index contributed by atoms with van der Waals surface area (Å²) in [6.07, 6.45) is 1.16. The van der Waals surface area contributed by atoms with Gasteiger partial charge in [-0.3, -0.25) is 4.79 Å². The highest BCUT2D eigenvalue weighted by Gasteiger charge is 2.61. The second-order valence-electron chi connectivity index (χ2n) is 15.8. The number of thiophene rings is 1. The second kappa shape index (κ2) is 17.5. The number of ketones is 1. The Morgan fingerprint density at radius 3 is 2.06 bits per heavy atom. The van der Waals surface area contributed by atoms with Crippen LogP contribution in [-0.2, 0) is 34.3 Å². The van der Waals surface area contributed by atoms with E-state index in [2.05, 4.69) is 93.2 Å². The topological polar surface area (TPSA) is 131 Å². The Kier molecular flexibility index (Phi) is 14.4. The predicted octanol–water partition coefficient (Wildman–Crippen LogP) is 6.02. The van der Waals surface area contributed by atoms with E-state index in [1.165, 1.54) is 20.7 Å². The van der Waals surface area contributed by atoms with E-state index in [9.17, 15) is 21.6 Å². The molecule has 0 saturated heterocycles. The van der Waals surface area contributed by atoms with Crippen molar-refractivity contribution >= 4 is 55.6 Å². The number of fused-ring (bicyclic) bond motifs is 1. The largest absolute Gasteiger partial charge is 0.385 e. The third-order valence-corrected chi connectivity index (χ3v) is 23.2. The Hall–Kier alpha value is -2.27. The molecular formula is C40H61N3O7S3Si. The Labute approximate surface area is 329 Å². The van der Waals surface area contributed by atoms with Gasteiger partial charge in [0.25, 0.3) is 20.0 Å². The molecule has 10 nitrogen and oxygen atoms in total. The van der Waals surface area contributed by atoms with Gasteiger partial charge in [0.2, 0.25) is 0 Å². The number of carbonyl (C=O) groups excluding carboxylic acids is 1. The average molecular weight is 820 g/mol. The molecule has 2 heterocycles. The third kappa shape index (κ3) is 8.52. The van der Waals surface area contributed by atoms with E-state index in [0.717, 1.165) is 17.8 Å². The molecular weight excluding hydrogens is 759 g/mol. The van der Waals surface area contributed by atoms with Crippen LogP contribution in [0, 0.1) is 0 Å². The molecule has 1 aliphatic heterocycles. The minimum absolute atomic E-state index is 0.000596. The summed E-state index contributed by atoms with van der Waals surface area (Å²) in [5.74, 6) is -0.391. The molecule has 0 radical (unpaired) electrons. The number of hydrogen-bond donors (Lipinski definition) is 2. The molecule has 2 aromatic carbocycles. The number of likely N-dealkylation sites (N-methyl/N-ethyl adjacent to an activating group) is 1. The minimum Gasteiger partial charge on any atom is -0.385 e. The molecule has 4 rings (SSSR count). The standard InChI is InChI=1S/C40H61N3O7S3Si/c1-11-25-40(9,54(38(5,6)7,31-21-16-14-17-22-31)32-23-18-15-19-24-32)50-30(4)36(44)39(8,12-2)42-52(45,46)35-28-33-34(41-13-3)29-43(26-20-27-49-10)53(47,48)37(33)51-35/h14-19,21-24,28,30,34,41-42H,11-13,20,25-27,29H2,1-10H3/t30-,34-,39?,40?/m0/s1. The van der Waals surface area contributed by atoms with Crippen LogP contribution in [0.5, 0.6) is 0 Å². The second-order valence-corrected chi connectivity index (χ2v) is 26.1. The lowest BCUT2D eigenvalue weighted by atomic mass is 9.91. The first-order chi connectivity index (χ1) is 25.3. The van der Waals surface area contributed by atoms with Gasteiger partial charge >= 0.3 is 0 Å². The van der Waals surface area contributed by atoms with Gasteiger partial charge < -0.3 is 14.8 Å². The molecule has 1 aliphatic rings. The summed E-state index contributed by atoms with van der Waals surface area (Å²) in [7, 11) is -9.67. The van der Waals surface area contributed by atoms with E-state index in [-0.39, 0.29) is 39.0 Å². The zero-order valence-corrected chi connectivity index (χ0v) is 37.1. The van der Waals surface area contributed by atoms with Crippen LogP contribution in [0.4, 0.5) is 0 Å². The molecule has 54 heavy (non-hydrogen) atoms. The van der Waals surface area contributed by atoms with Crippen molar-refractivity contribution in [1.82, 2.24) is 14.3 Å². The van der Waals surface area contributed by atoms with E-state index >= 15 is 0 Å². The highest BCUT2D eigenvalue weighted by Crippen LogP contribution is 2.47. The van der Waals surface area contributed by atoms with Crippen molar-refractivity contribution in [3.8, 4) is 0 Å². The minimum atomic E-state index is -4.35. The van der Waals surface area contributed by atoms with Crippen LogP contribution in [0.15, 0.2) is 75.1 Å². The molecule has 4 atom stereocenters. The maximum atomic E-state index is 14.7. The first-order valence-electron chi connectivity index (χ1n) is 19.0. The fourth-order valence-electron chi connectivity index (χ4n) is 8.64. The van der Waals surface area contributed by atoms with Gasteiger partial charge in [0.05, 0.1) is 10.8 Å². The molecule has 14 heteroatoms. The molecule has 0 saturated carbocycles. The van der Waals surface area contributed by atoms with Crippen molar-refractivity contribution < 1.29 is 31.1 Å². The fraction of sp³-hybridized carbons (Fsp3) is 0.575. The number of methoxy groups -OCH3 is 1. The smallest absolute Gasteiger partial charge is 0.252 e. The zero-order valence-electron chi connectivity index (χ0n) is 33.7.